The maximum absolute atomic E-state index is 14.2. The van der Waals surface area contributed by atoms with E-state index in [9.17, 15) is 31.5 Å². The summed E-state index contributed by atoms with van der Waals surface area (Å²) in [4.78, 5) is 30.5. The number of amides is 2. The van der Waals surface area contributed by atoms with Crippen molar-refractivity contribution in [3.05, 3.63) is 117 Å². The van der Waals surface area contributed by atoms with Gasteiger partial charge in [-0.05, 0) is 83.4 Å². The summed E-state index contributed by atoms with van der Waals surface area (Å²) in [7, 11) is 0. The molecule has 1 unspecified atom stereocenters. The first-order valence-corrected chi connectivity index (χ1v) is 12.8. The highest BCUT2D eigenvalue weighted by Crippen LogP contribution is 2.42. The van der Waals surface area contributed by atoms with Crippen molar-refractivity contribution in [3.63, 3.8) is 0 Å². The second-order valence-electron chi connectivity index (χ2n) is 9.34. The van der Waals surface area contributed by atoms with Gasteiger partial charge >= 0.3 is 6.18 Å². The molecule has 0 radical (unpaired) electrons. The number of alkyl halides is 3. The van der Waals surface area contributed by atoms with Crippen LogP contribution in [0.3, 0.4) is 0 Å². The first-order valence-electron chi connectivity index (χ1n) is 12.0. The topological polar surface area (TPSA) is 88.4 Å². The van der Waals surface area contributed by atoms with Gasteiger partial charge in [0.25, 0.3) is 11.8 Å². The van der Waals surface area contributed by atoms with Crippen LogP contribution < -0.4 is 10.6 Å². The van der Waals surface area contributed by atoms with Gasteiger partial charge in [-0.25, -0.2) is 13.3 Å². The zero-order valence-corrected chi connectivity index (χ0v) is 22.2. The van der Waals surface area contributed by atoms with Crippen LogP contribution in [0.1, 0.15) is 43.4 Å². The van der Waals surface area contributed by atoms with Crippen LogP contribution in [-0.2, 0) is 6.18 Å². The van der Waals surface area contributed by atoms with E-state index in [0.717, 1.165) is 12.1 Å². The van der Waals surface area contributed by atoms with Crippen LogP contribution in [-0.4, -0.2) is 26.4 Å². The maximum atomic E-state index is 14.2. The lowest BCUT2D eigenvalue weighted by Gasteiger charge is -2.19. The quantitative estimate of drug-likeness (QED) is 0.211. The number of rotatable bonds is 4. The molecule has 0 bridgehead atoms. The molecule has 1 atom stereocenters. The molecule has 0 saturated heterocycles. The number of nitrogens with one attached hydrogen (secondary N) is 2. The number of fused-ring (bicyclic) bond motifs is 2. The molecule has 42 heavy (non-hydrogen) atoms. The minimum atomic E-state index is -4.91. The number of carbonyl (C=O) groups is 2. The monoisotopic (exact) mass is 617 g/mol. The predicted octanol–water partition coefficient (Wildman–Crippen LogP) is 7.09. The highest BCUT2D eigenvalue weighted by molar-refractivity contribution is 6.31. The Bertz CT molecular complexity index is 1940. The summed E-state index contributed by atoms with van der Waals surface area (Å²) >= 11 is 12.2. The first kappa shape index (κ1) is 27.6. The molecule has 6 rings (SSSR count). The van der Waals surface area contributed by atoms with Gasteiger partial charge in [0.15, 0.2) is 5.65 Å². The van der Waals surface area contributed by atoms with Gasteiger partial charge in [0.1, 0.15) is 11.6 Å². The second kappa shape index (κ2) is 10.1. The van der Waals surface area contributed by atoms with E-state index >= 15 is 0 Å². The number of halogens is 7. The SMILES string of the molecule is O=C(Nc1cc(-c2ccn3nc(Cl)nc3c2)cc2c1C(c1cc(F)ccc1Cl)NC2=O)c1cc(F)cc(C(F)(F)F)c1. The number of carbonyl (C=O) groups excluding carboxylic acids is 2. The number of anilines is 1. The van der Waals surface area contributed by atoms with E-state index in [0.29, 0.717) is 28.9 Å². The lowest BCUT2D eigenvalue weighted by Crippen LogP contribution is -2.21. The van der Waals surface area contributed by atoms with E-state index in [4.69, 9.17) is 23.2 Å². The summed E-state index contributed by atoms with van der Waals surface area (Å²) in [6, 6.07) is 10.2. The minimum absolute atomic E-state index is 0.00318. The molecule has 0 spiro atoms. The van der Waals surface area contributed by atoms with E-state index in [1.165, 1.54) is 22.7 Å². The lowest BCUT2D eigenvalue weighted by molar-refractivity contribution is -0.137. The zero-order chi connectivity index (χ0) is 29.9. The smallest absolute Gasteiger partial charge is 0.341 e. The number of aromatic nitrogens is 3. The van der Waals surface area contributed by atoms with Gasteiger partial charge in [-0.2, -0.15) is 18.2 Å². The Balaban J connectivity index is 1.51. The molecular formula is C28H14Cl2F5N5O2. The first-order chi connectivity index (χ1) is 19.9. The summed E-state index contributed by atoms with van der Waals surface area (Å²) < 4.78 is 69.7. The molecule has 2 amide bonds. The molecule has 14 heteroatoms. The lowest BCUT2D eigenvalue weighted by atomic mass is 9.92. The van der Waals surface area contributed by atoms with Crippen molar-refractivity contribution in [1.29, 1.82) is 0 Å². The third-order valence-corrected chi connectivity index (χ3v) is 7.14. The molecule has 2 aromatic heterocycles. The summed E-state index contributed by atoms with van der Waals surface area (Å²) in [6.45, 7) is 0. The van der Waals surface area contributed by atoms with Crippen molar-refractivity contribution in [2.24, 2.45) is 0 Å². The van der Waals surface area contributed by atoms with Crippen molar-refractivity contribution in [2.75, 3.05) is 5.32 Å². The largest absolute Gasteiger partial charge is 0.416 e. The number of pyridine rings is 1. The van der Waals surface area contributed by atoms with Crippen LogP contribution in [0, 0.1) is 11.6 Å². The molecule has 7 nitrogen and oxygen atoms in total. The molecule has 0 saturated carbocycles. The van der Waals surface area contributed by atoms with E-state index in [-0.39, 0.29) is 38.8 Å². The number of hydrogen-bond acceptors (Lipinski definition) is 4. The van der Waals surface area contributed by atoms with E-state index in [1.807, 2.05) is 0 Å². The molecule has 1 aliphatic heterocycles. The molecule has 3 aromatic carbocycles. The number of hydrogen-bond donors (Lipinski definition) is 2. The van der Waals surface area contributed by atoms with Gasteiger partial charge in [-0.1, -0.05) is 11.6 Å². The fourth-order valence-electron chi connectivity index (χ4n) is 4.79. The maximum Gasteiger partial charge on any atom is 0.416 e. The summed E-state index contributed by atoms with van der Waals surface area (Å²) in [6.07, 6.45) is -3.34. The Labute approximate surface area is 242 Å². The Hall–Kier alpha value is -4.55. The zero-order valence-electron chi connectivity index (χ0n) is 20.7. The van der Waals surface area contributed by atoms with Crippen LogP contribution in [0.25, 0.3) is 16.8 Å². The fraction of sp³-hybridized carbons (Fsp3) is 0.0714. The second-order valence-corrected chi connectivity index (χ2v) is 10.1. The molecule has 2 N–H and O–H groups in total. The third kappa shape index (κ3) is 5.03. The molecule has 212 valence electrons. The Morgan fingerprint density at radius 1 is 0.952 bits per heavy atom. The molecule has 0 aliphatic carbocycles. The van der Waals surface area contributed by atoms with Crippen molar-refractivity contribution in [2.45, 2.75) is 12.2 Å². The molecule has 1 aliphatic rings. The number of benzene rings is 3. The third-order valence-electron chi connectivity index (χ3n) is 6.64. The van der Waals surface area contributed by atoms with E-state index in [2.05, 4.69) is 20.7 Å². The molecule has 0 fully saturated rings. The summed E-state index contributed by atoms with van der Waals surface area (Å²) in [5, 5.41) is 9.33. The van der Waals surface area contributed by atoms with E-state index in [1.54, 1.807) is 18.3 Å². The standard InChI is InChI=1S/C28H14Cl2F5N5O2/c29-20-2-1-16(31)11-18(20)24-23-19(26(42)38-24)7-13(12-3-4-40-22(9-12)37-27(30)39-40)8-21(23)36-25(41)14-5-15(28(33,34)35)10-17(32)6-14/h1-11,24H,(H,36,41)(H,38,42). The average molecular weight is 618 g/mol. The highest BCUT2D eigenvalue weighted by atomic mass is 35.5. The van der Waals surface area contributed by atoms with Crippen LogP contribution in [0.4, 0.5) is 27.6 Å². The summed E-state index contributed by atoms with van der Waals surface area (Å²) in [5.74, 6) is -3.57. The van der Waals surface area contributed by atoms with Gasteiger partial charge in [0.05, 0.1) is 11.6 Å². The van der Waals surface area contributed by atoms with Crippen LogP contribution in [0.5, 0.6) is 0 Å². The van der Waals surface area contributed by atoms with Gasteiger partial charge < -0.3 is 10.6 Å². The molecule has 5 aromatic rings. The van der Waals surface area contributed by atoms with E-state index < -0.39 is 46.8 Å². The van der Waals surface area contributed by atoms with Crippen LogP contribution >= 0.6 is 23.2 Å². The van der Waals surface area contributed by atoms with Crippen molar-refractivity contribution >= 4 is 46.4 Å². The van der Waals surface area contributed by atoms with Crippen LogP contribution in [0.2, 0.25) is 10.3 Å². The molecule has 3 heterocycles. The average Bonchev–Trinajstić information content (AvgIpc) is 3.47. The predicted molar refractivity (Wildman–Crippen MR) is 144 cm³/mol. The number of nitrogens with zero attached hydrogens (tertiary/aromatic N) is 3. The van der Waals surface area contributed by atoms with Crippen molar-refractivity contribution < 1.29 is 31.5 Å². The van der Waals surface area contributed by atoms with Crippen molar-refractivity contribution in [1.82, 2.24) is 19.9 Å². The Morgan fingerprint density at radius 2 is 1.74 bits per heavy atom. The van der Waals surface area contributed by atoms with Crippen LogP contribution in [0.15, 0.2) is 66.9 Å². The van der Waals surface area contributed by atoms with Gasteiger partial charge in [0.2, 0.25) is 5.28 Å². The summed E-state index contributed by atoms with van der Waals surface area (Å²) in [5.41, 5.74) is -0.225. The van der Waals surface area contributed by atoms with Gasteiger partial charge in [-0.3, -0.25) is 9.59 Å². The highest BCUT2D eigenvalue weighted by Gasteiger charge is 2.36. The Morgan fingerprint density at radius 3 is 2.50 bits per heavy atom. The fourth-order valence-corrected chi connectivity index (χ4v) is 5.18. The van der Waals surface area contributed by atoms with Gasteiger partial charge in [0, 0.05) is 39.2 Å². The van der Waals surface area contributed by atoms with Crippen molar-refractivity contribution in [3.8, 4) is 11.1 Å². The minimum Gasteiger partial charge on any atom is -0.341 e. The molecular weight excluding hydrogens is 604 g/mol. The van der Waals surface area contributed by atoms with Gasteiger partial charge in [-0.15, -0.1) is 5.10 Å². The Kier molecular flexibility index (Phi) is 6.62. The normalized spacial score (nSPS) is 14.6.